The maximum absolute atomic E-state index is 12.9. The summed E-state index contributed by atoms with van der Waals surface area (Å²) in [5.74, 6) is 1.41. The second-order valence-electron chi connectivity index (χ2n) is 10.4. The highest BCUT2D eigenvalue weighted by Gasteiger charge is 2.50. The number of piperazine rings is 1. The van der Waals surface area contributed by atoms with Crippen LogP contribution >= 0.6 is 0 Å². The number of rotatable bonds is 5. The molecule has 2 aliphatic heterocycles. The molecule has 0 N–H and O–H groups in total. The van der Waals surface area contributed by atoms with Crippen LogP contribution in [0.3, 0.4) is 0 Å². The largest absolute Gasteiger partial charge is 0.354 e. The van der Waals surface area contributed by atoms with E-state index >= 15 is 0 Å². The van der Waals surface area contributed by atoms with Gasteiger partial charge in [0.2, 0.25) is 0 Å². The Labute approximate surface area is 187 Å². The van der Waals surface area contributed by atoms with Gasteiger partial charge in [0.15, 0.2) is 0 Å². The number of carbonyl (C=O) groups excluding carboxylic acids is 1. The van der Waals surface area contributed by atoms with Crippen molar-refractivity contribution < 1.29 is 9.28 Å². The second kappa shape index (κ2) is 8.36. The number of nitrogens with zero attached hydrogens (tertiary/aromatic N) is 4. The van der Waals surface area contributed by atoms with E-state index in [0.717, 1.165) is 57.1 Å². The van der Waals surface area contributed by atoms with Crippen molar-refractivity contribution in [2.75, 3.05) is 44.7 Å². The molecule has 4 rings (SSSR count). The maximum atomic E-state index is 12.9. The molecule has 2 aromatic rings. The highest BCUT2D eigenvalue weighted by Crippen LogP contribution is 2.36. The molecule has 166 valence electrons. The third-order valence-electron chi connectivity index (χ3n) is 7.21. The van der Waals surface area contributed by atoms with Crippen molar-refractivity contribution >= 4 is 11.7 Å². The summed E-state index contributed by atoms with van der Waals surface area (Å²) in [5, 5.41) is 0. The minimum absolute atomic E-state index is 0.216. The molecular weight excluding hydrogens is 384 g/mol. The Morgan fingerprint density at radius 3 is 2.39 bits per heavy atom. The van der Waals surface area contributed by atoms with Crippen molar-refractivity contribution in [2.45, 2.75) is 46.7 Å². The zero-order chi connectivity index (χ0) is 22.2. The molecule has 0 spiro atoms. The fourth-order valence-electron chi connectivity index (χ4n) is 5.08. The van der Waals surface area contributed by atoms with Crippen LogP contribution in [0.5, 0.6) is 0 Å². The van der Waals surface area contributed by atoms with Crippen molar-refractivity contribution in [1.82, 2.24) is 9.88 Å². The first-order valence-electron chi connectivity index (χ1n) is 11.6. The van der Waals surface area contributed by atoms with E-state index in [0.29, 0.717) is 16.4 Å². The Hall–Kier alpha value is -2.24. The van der Waals surface area contributed by atoms with Crippen molar-refractivity contribution in [3.8, 4) is 11.1 Å². The third kappa shape index (κ3) is 4.53. The van der Waals surface area contributed by atoms with Crippen LogP contribution in [0.25, 0.3) is 11.1 Å². The molecule has 2 saturated heterocycles. The molecule has 1 atom stereocenters. The van der Waals surface area contributed by atoms with Gasteiger partial charge in [-0.05, 0) is 51.5 Å². The Kier molecular flexibility index (Phi) is 5.93. The van der Waals surface area contributed by atoms with Gasteiger partial charge in [-0.25, -0.2) is 9.78 Å². The van der Waals surface area contributed by atoms with E-state index < -0.39 is 0 Å². The molecule has 2 fully saturated rings. The molecule has 0 bridgehead atoms. The zero-order valence-electron chi connectivity index (χ0n) is 19.8. The average molecular weight is 422 g/mol. The van der Waals surface area contributed by atoms with Crippen LogP contribution in [0, 0.1) is 5.41 Å². The molecule has 0 radical (unpaired) electrons. The molecule has 3 heterocycles. The van der Waals surface area contributed by atoms with E-state index in [4.69, 9.17) is 4.98 Å². The number of anilines is 1. The molecule has 0 saturated carbocycles. The molecule has 1 amide bonds. The number of pyridine rings is 1. The second-order valence-corrected chi connectivity index (χ2v) is 10.4. The summed E-state index contributed by atoms with van der Waals surface area (Å²) in [6.45, 7) is 14.6. The van der Waals surface area contributed by atoms with E-state index in [-0.39, 0.29) is 5.41 Å². The highest BCUT2D eigenvalue weighted by molar-refractivity contribution is 5.77. The van der Waals surface area contributed by atoms with Gasteiger partial charge in [0, 0.05) is 56.0 Å². The van der Waals surface area contributed by atoms with Gasteiger partial charge in [-0.2, -0.15) is 0 Å². The number of hydrogen-bond acceptors (Lipinski definition) is 4. The van der Waals surface area contributed by atoms with Crippen LogP contribution in [-0.4, -0.2) is 66.1 Å². The minimum Gasteiger partial charge on any atom is -0.354 e. The maximum Gasteiger partial charge on any atom is 0.319 e. The summed E-state index contributed by atoms with van der Waals surface area (Å²) in [5.41, 5.74) is 3.29. The molecule has 31 heavy (non-hydrogen) atoms. The van der Waals surface area contributed by atoms with Gasteiger partial charge in [-0.3, -0.25) is 9.38 Å². The number of hydrogen-bond donors (Lipinski definition) is 0. The van der Waals surface area contributed by atoms with E-state index in [9.17, 15) is 4.79 Å². The summed E-state index contributed by atoms with van der Waals surface area (Å²) in [7, 11) is 2.08. The third-order valence-corrected chi connectivity index (χ3v) is 7.21. The number of quaternary nitrogens is 1. The van der Waals surface area contributed by atoms with Gasteiger partial charge < -0.3 is 4.90 Å². The van der Waals surface area contributed by atoms with E-state index in [2.05, 4.69) is 80.9 Å². The predicted molar refractivity (Wildman–Crippen MR) is 127 cm³/mol. The number of amides is 1. The van der Waals surface area contributed by atoms with Crippen LogP contribution in [0.2, 0.25) is 0 Å². The van der Waals surface area contributed by atoms with E-state index in [1.165, 1.54) is 11.1 Å². The van der Waals surface area contributed by atoms with Gasteiger partial charge in [0.05, 0.1) is 19.0 Å². The molecule has 0 aliphatic carbocycles. The number of likely N-dealkylation sites (tertiary alicyclic amines) is 1. The summed E-state index contributed by atoms with van der Waals surface area (Å²) in [6, 6.07) is 13.5. The first kappa shape index (κ1) is 22.0. The normalized spacial score (nSPS) is 24.2. The fraction of sp³-hybridized carbons (Fsp3) is 0.538. The number of aromatic nitrogens is 1. The summed E-state index contributed by atoms with van der Waals surface area (Å²) >= 11 is 0. The van der Waals surface area contributed by atoms with Gasteiger partial charge in [0.1, 0.15) is 12.4 Å². The van der Waals surface area contributed by atoms with Gasteiger partial charge >= 0.3 is 5.91 Å². The quantitative estimate of drug-likeness (QED) is 0.679. The van der Waals surface area contributed by atoms with Crippen LogP contribution in [0.4, 0.5) is 5.82 Å². The van der Waals surface area contributed by atoms with Crippen LogP contribution in [0.1, 0.15) is 39.7 Å². The van der Waals surface area contributed by atoms with Gasteiger partial charge in [0.25, 0.3) is 0 Å². The fourth-order valence-corrected chi connectivity index (χ4v) is 5.08. The highest BCUT2D eigenvalue weighted by atomic mass is 16.2. The Morgan fingerprint density at radius 1 is 1.06 bits per heavy atom. The Bertz CT molecular complexity index is 929. The van der Waals surface area contributed by atoms with Gasteiger partial charge in [-0.15, -0.1) is 0 Å². The molecule has 1 unspecified atom stereocenters. The van der Waals surface area contributed by atoms with Crippen molar-refractivity contribution in [1.29, 1.82) is 0 Å². The monoisotopic (exact) mass is 421 g/mol. The van der Waals surface area contributed by atoms with Crippen molar-refractivity contribution in [2.24, 2.45) is 5.41 Å². The molecule has 1 aromatic heterocycles. The molecule has 1 aromatic carbocycles. The lowest BCUT2D eigenvalue weighted by atomic mass is 9.92. The van der Waals surface area contributed by atoms with Crippen molar-refractivity contribution in [3.05, 3.63) is 48.2 Å². The van der Waals surface area contributed by atoms with Gasteiger partial charge in [-0.1, -0.05) is 18.2 Å². The summed E-state index contributed by atoms with van der Waals surface area (Å²) in [4.78, 5) is 22.6. The molecule has 5 nitrogen and oxygen atoms in total. The number of benzene rings is 1. The lowest BCUT2D eigenvalue weighted by Crippen LogP contribution is -2.49. The van der Waals surface area contributed by atoms with Crippen molar-refractivity contribution in [3.63, 3.8) is 0 Å². The zero-order valence-corrected chi connectivity index (χ0v) is 19.8. The molecular formula is C26H37N4O+. The predicted octanol–water partition coefficient (Wildman–Crippen LogP) is 4.18. The Balaban J connectivity index is 1.46. The molecule has 2 aliphatic rings. The van der Waals surface area contributed by atoms with Crippen LogP contribution in [0.15, 0.2) is 42.6 Å². The van der Waals surface area contributed by atoms with E-state index in [1.54, 1.807) is 0 Å². The Morgan fingerprint density at radius 2 is 1.81 bits per heavy atom. The SMILES string of the molecule is CC(C)N1CCN(c2ccc(-c3cccc(C[N+]4(C)CCC(C)(C)C4=O)c3)cn2)CC1. The lowest BCUT2D eigenvalue weighted by molar-refractivity contribution is -0.840. The lowest BCUT2D eigenvalue weighted by Gasteiger charge is -2.37. The van der Waals surface area contributed by atoms with Crippen LogP contribution < -0.4 is 4.90 Å². The molecule has 5 heteroatoms. The number of carbonyl (C=O) groups is 1. The standard InChI is InChI=1S/C26H37N4O/c1-20(2)28-12-14-29(15-13-28)24-10-9-23(18-27-24)22-8-6-7-21(17-22)19-30(5)16-11-26(3,4)25(30)31/h6-10,17-18,20H,11-16,19H2,1-5H3/q+1. The first-order chi connectivity index (χ1) is 14.7. The van der Waals surface area contributed by atoms with E-state index in [1.807, 2.05) is 6.20 Å². The average Bonchev–Trinajstić information content (AvgIpc) is 2.97. The minimum atomic E-state index is -0.216. The smallest absolute Gasteiger partial charge is 0.319 e. The summed E-state index contributed by atoms with van der Waals surface area (Å²) < 4.78 is 0.496. The first-order valence-corrected chi connectivity index (χ1v) is 11.6. The van der Waals surface area contributed by atoms with Crippen LogP contribution in [-0.2, 0) is 11.3 Å². The summed E-state index contributed by atoms with van der Waals surface area (Å²) in [6.07, 6.45) is 2.95. The topological polar surface area (TPSA) is 36.4 Å².